The highest BCUT2D eigenvalue weighted by Crippen LogP contribution is 2.09. The van der Waals surface area contributed by atoms with Crippen molar-refractivity contribution in [2.75, 3.05) is 0 Å². The van der Waals surface area contributed by atoms with Gasteiger partial charge in [0.1, 0.15) is 0 Å². The second-order valence-corrected chi connectivity index (χ2v) is 4.25. The third kappa shape index (κ3) is 3.04. The third-order valence-corrected chi connectivity index (χ3v) is 2.94. The summed E-state index contributed by atoms with van der Waals surface area (Å²) in [5.74, 6) is 0. The molecule has 0 aliphatic rings. The first kappa shape index (κ1) is 11.6. The summed E-state index contributed by atoms with van der Waals surface area (Å²) in [4.78, 5) is 4.51. The van der Waals surface area contributed by atoms with Crippen molar-refractivity contribution in [2.24, 2.45) is 4.99 Å². The van der Waals surface area contributed by atoms with Crippen LogP contribution >= 0.6 is 0 Å². The van der Waals surface area contributed by atoms with Gasteiger partial charge in [-0.3, -0.25) is 4.99 Å². The highest BCUT2D eigenvalue weighted by molar-refractivity contribution is 5.81. The number of hydrogen-bond donors (Lipinski definition) is 0. The van der Waals surface area contributed by atoms with Gasteiger partial charge in [-0.1, -0.05) is 48.5 Å². The molecule has 0 aromatic heterocycles. The molecule has 1 nitrogen and oxygen atoms in total. The average molecular weight is 223 g/mol. The summed E-state index contributed by atoms with van der Waals surface area (Å²) in [6, 6.07) is 16.7. The summed E-state index contributed by atoms with van der Waals surface area (Å²) < 4.78 is 0. The minimum absolute atomic E-state index is 0.751. The molecule has 17 heavy (non-hydrogen) atoms. The summed E-state index contributed by atoms with van der Waals surface area (Å²) in [5.41, 5.74) is 5.05. The van der Waals surface area contributed by atoms with E-state index in [0.29, 0.717) is 0 Å². The molecule has 0 aliphatic carbocycles. The highest BCUT2D eigenvalue weighted by Gasteiger charge is 1.95. The maximum atomic E-state index is 4.51. The quantitative estimate of drug-likeness (QED) is 0.699. The van der Waals surface area contributed by atoms with Crippen molar-refractivity contribution in [1.82, 2.24) is 0 Å². The lowest BCUT2D eigenvalue weighted by molar-refractivity contribution is 1.05. The van der Waals surface area contributed by atoms with Gasteiger partial charge in [0.15, 0.2) is 0 Å². The lowest BCUT2D eigenvalue weighted by Gasteiger charge is -2.01. The van der Waals surface area contributed by atoms with E-state index >= 15 is 0 Å². The summed E-state index contributed by atoms with van der Waals surface area (Å²) in [6.07, 6.45) is 1.96. The molecule has 86 valence electrons. The first-order valence-corrected chi connectivity index (χ1v) is 5.87. The zero-order valence-corrected chi connectivity index (χ0v) is 10.4. The Bertz CT molecular complexity index is 527. The Balaban J connectivity index is 2.09. The monoisotopic (exact) mass is 223 g/mol. The van der Waals surface area contributed by atoms with Crippen molar-refractivity contribution < 1.29 is 0 Å². The first-order chi connectivity index (χ1) is 8.27. The minimum Gasteiger partial charge on any atom is -0.288 e. The Morgan fingerprint density at radius 1 is 0.882 bits per heavy atom. The third-order valence-electron chi connectivity index (χ3n) is 2.94. The van der Waals surface area contributed by atoms with Crippen LogP contribution in [-0.4, -0.2) is 6.21 Å². The Hall–Kier alpha value is -1.89. The Morgan fingerprint density at radius 2 is 1.53 bits per heavy atom. The molecular weight excluding hydrogens is 206 g/mol. The van der Waals surface area contributed by atoms with Gasteiger partial charge in [-0.25, -0.2) is 0 Å². The van der Waals surface area contributed by atoms with Gasteiger partial charge in [-0.15, -0.1) is 0 Å². The van der Waals surface area contributed by atoms with Crippen LogP contribution < -0.4 is 0 Å². The van der Waals surface area contributed by atoms with Crippen LogP contribution in [-0.2, 0) is 6.54 Å². The predicted molar refractivity (Wildman–Crippen MR) is 73.7 cm³/mol. The molecule has 0 N–H and O–H groups in total. The SMILES string of the molecule is Cc1ccccc1C=NCc1ccccc1C. The maximum absolute atomic E-state index is 4.51. The first-order valence-electron chi connectivity index (χ1n) is 5.87. The average Bonchev–Trinajstić information content (AvgIpc) is 2.34. The van der Waals surface area contributed by atoms with Crippen LogP contribution in [0.2, 0.25) is 0 Å². The van der Waals surface area contributed by atoms with Crippen molar-refractivity contribution in [3.8, 4) is 0 Å². The van der Waals surface area contributed by atoms with Crippen LogP contribution in [0.4, 0.5) is 0 Å². The molecule has 0 amide bonds. The zero-order valence-electron chi connectivity index (χ0n) is 10.4. The van der Waals surface area contributed by atoms with E-state index in [2.05, 4.69) is 55.2 Å². The number of rotatable bonds is 3. The number of aliphatic imine (C=N–C) groups is 1. The molecule has 0 saturated carbocycles. The summed E-state index contributed by atoms with van der Waals surface area (Å²) in [5, 5.41) is 0. The van der Waals surface area contributed by atoms with Crippen LogP contribution in [0.3, 0.4) is 0 Å². The van der Waals surface area contributed by atoms with Gasteiger partial charge >= 0.3 is 0 Å². The van der Waals surface area contributed by atoms with Crippen LogP contribution in [0.1, 0.15) is 22.3 Å². The second kappa shape index (κ2) is 5.44. The lowest BCUT2D eigenvalue weighted by Crippen LogP contribution is -1.89. The molecule has 0 unspecified atom stereocenters. The normalized spacial score (nSPS) is 10.9. The molecule has 0 spiro atoms. The van der Waals surface area contributed by atoms with E-state index in [9.17, 15) is 0 Å². The highest BCUT2D eigenvalue weighted by atomic mass is 14.7. The number of benzene rings is 2. The van der Waals surface area contributed by atoms with E-state index in [1.165, 1.54) is 22.3 Å². The lowest BCUT2D eigenvalue weighted by atomic mass is 10.1. The van der Waals surface area contributed by atoms with E-state index in [4.69, 9.17) is 0 Å². The predicted octanol–water partition coefficient (Wildman–Crippen LogP) is 3.92. The van der Waals surface area contributed by atoms with Gasteiger partial charge in [0, 0.05) is 6.21 Å². The Kier molecular flexibility index (Phi) is 3.71. The molecule has 2 aromatic carbocycles. The van der Waals surface area contributed by atoms with E-state index in [0.717, 1.165) is 6.54 Å². The van der Waals surface area contributed by atoms with Crippen LogP contribution in [0.15, 0.2) is 53.5 Å². The van der Waals surface area contributed by atoms with E-state index in [1.54, 1.807) is 0 Å². The molecule has 0 heterocycles. The van der Waals surface area contributed by atoms with Crippen LogP contribution in [0.25, 0.3) is 0 Å². The number of nitrogens with zero attached hydrogens (tertiary/aromatic N) is 1. The van der Waals surface area contributed by atoms with Crippen LogP contribution in [0, 0.1) is 13.8 Å². The molecule has 0 atom stereocenters. The molecule has 0 saturated heterocycles. The topological polar surface area (TPSA) is 12.4 Å². The maximum Gasteiger partial charge on any atom is 0.0642 e. The van der Waals surface area contributed by atoms with E-state index in [-0.39, 0.29) is 0 Å². The fourth-order valence-electron chi connectivity index (χ4n) is 1.76. The second-order valence-electron chi connectivity index (χ2n) is 4.25. The summed E-state index contributed by atoms with van der Waals surface area (Å²) in [6.45, 7) is 4.98. The van der Waals surface area contributed by atoms with Gasteiger partial charge in [-0.2, -0.15) is 0 Å². The molecule has 0 bridgehead atoms. The Morgan fingerprint density at radius 3 is 2.24 bits per heavy atom. The largest absolute Gasteiger partial charge is 0.288 e. The Labute approximate surface area is 103 Å². The van der Waals surface area contributed by atoms with E-state index in [1.807, 2.05) is 18.3 Å². The zero-order chi connectivity index (χ0) is 12.1. The summed E-state index contributed by atoms with van der Waals surface area (Å²) >= 11 is 0. The van der Waals surface area contributed by atoms with Gasteiger partial charge in [0.05, 0.1) is 6.54 Å². The molecule has 2 rings (SSSR count). The van der Waals surface area contributed by atoms with Crippen molar-refractivity contribution in [3.05, 3.63) is 70.8 Å². The van der Waals surface area contributed by atoms with Gasteiger partial charge in [0.2, 0.25) is 0 Å². The van der Waals surface area contributed by atoms with Crippen molar-refractivity contribution in [1.29, 1.82) is 0 Å². The number of hydrogen-bond acceptors (Lipinski definition) is 1. The summed E-state index contributed by atoms with van der Waals surface area (Å²) in [7, 11) is 0. The molecule has 1 heteroatoms. The number of aryl methyl sites for hydroxylation is 2. The fourth-order valence-corrected chi connectivity index (χ4v) is 1.76. The minimum atomic E-state index is 0.751. The van der Waals surface area contributed by atoms with Gasteiger partial charge < -0.3 is 0 Å². The molecule has 0 aliphatic heterocycles. The molecular formula is C16H17N. The van der Waals surface area contributed by atoms with Gasteiger partial charge in [-0.05, 0) is 36.1 Å². The van der Waals surface area contributed by atoms with Crippen molar-refractivity contribution in [2.45, 2.75) is 20.4 Å². The smallest absolute Gasteiger partial charge is 0.0642 e. The standard InChI is InChI=1S/C16H17N/c1-13-7-3-5-9-15(13)11-17-12-16-10-6-4-8-14(16)2/h3-11H,12H2,1-2H3. The fraction of sp³-hybridized carbons (Fsp3) is 0.188. The molecule has 2 aromatic rings. The molecule has 0 radical (unpaired) electrons. The van der Waals surface area contributed by atoms with E-state index < -0.39 is 0 Å². The molecule has 0 fully saturated rings. The van der Waals surface area contributed by atoms with Crippen LogP contribution in [0.5, 0.6) is 0 Å². The van der Waals surface area contributed by atoms with Gasteiger partial charge in [0.25, 0.3) is 0 Å². The van der Waals surface area contributed by atoms with Crippen molar-refractivity contribution >= 4 is 6.21 Å². The van der Waals surface area contributed by atoms with Crippen molar-refractivity contribution in [3.63, 3.8) is 0 Å².